The minimum Gasteiger partial charge on any atom is -0.402 e. The summed E-state index contributed by atoms with van der Waals surface area (Å²) < 4.78 is 0. The molecule has 4 fully saturated rings. The standard InChI is InChI=1S/C19H31NO/c1-5-15(20)11-18-10-14(18)7-13-8-19(18,9-13)17(21)16(6-2)12(3)4/h11-14,16H,5-10,20H2,1-4H3/b15-11-/t13?,14-,16+,18?,19?/m0/s1. The summed E-state index contributed by atoms with van der Waals surface area (Å²) in [4.78, 5) is 13.4. The Morgan fingerprint density at radius 1 is 1.29 bits per heavy atom. The largest absolute Gasteiger partial charge is 0.402 e. The highest BCUT2D eigenvalue weighted by Crippen LogP contribution is 2.80. The number of Topliss-reactive ketones (excluding diaryl/α,β-unsaturated/α-hetero) is 1. The van der Waals surface area contributed by atoms with Gasteiger partial charge in [0, 0.05) is 22.4 Å². The fourth-order valence-electron chi connectivity index (χ4n) is 5.60. The lowest BCUT2D eigenvalue weighted by molar-refractivity contribution is -0.155. The van der Waals surface area contributed by atoms with E-state index in [1.807, 2.05) is 0 Å². The van der Waals surface area contributed by atoms with E-state index in [0.29, 0.717) is 11.7 Å². The molecule has 118 valence electrons. The van der Waals surface area contributed by atoms with Crippen LogP contribution in [-0.4, -0.2) is 5.78 Å². The summed E-state index contributed by atoms with van der Waals surface area (Å²) in [6.07, 6.45) is 9.03. The van der Waals surface area contributed by atoms with Crippen LogP contribution >= 0.6 is 0 Å². The molecule has 0 radical (unpaired) electrons. The van der Waals surface area contributed by atoms with Gasteiger partial charge in [0.15, 0.2) is 0 Å². The Morgan fingerprint density at radius 2 is 1.95 bits per heavy atom. The first kappa shape index (κ1) is 15.1. The van der Waals surface area contributed by atoms with Crippen molar-refractivity contribution in [3.63, 3.8) is 0 Å². The summed E-state index contributed by atoms with van der Waals surface area (Å²) in [6.45, 7) is 8.69. The van der Waals surface area contributed by atoms with Crippen LogP contribution in [-0.2, 0) is 4.79 Å². The van der Waals surface area contributed by atoms with Crippen LogP contribution in [0.25, 0.3) is 0 Å². The van der Waals surface area contributed by atoms with Crippen molar-refractivity contribution in [1.82, 2.24) is 0 Å². The maximum atomic E-state index is 13.4. The third-order valence-corrected chi connectivity index (χ3v) is 6.84. The molecular formula is C19H31NO. The van der Waals surface area contributed by atoms with Gasteiger partial charge >= 0.3 is 0 Å². The smallest absolute Gasteiger partial charge is 0.143 e. The number of hydrogen-bond acceptors (Lipinski definition) is 2. The van der Waals surface area contributed by atoms with Gasteiger partial charge in [-0.15, -0.1) is 0 Å². The molecule has 0 aromatic rings. The maximum Gasteiger partial charge on any atom is 0.143 e. The number of ketones is 1. The van der Waals surface area contributed by atoms with Gasteiger partial charge in [-0.2, -0.15) is 0 Å². The number of carbonyl (C=O) groups excluding carboxylic acids is 1. The van der Waals surface area contributed by atoms with Gasteiger partial charge in [-0.3, -0.25) is 4.79 Å². The minimum absolute atomic E-state index is 0.0503. The van der Waals surface area contributed by atoms with E-state index in [1.54, 1.807) is 0 Å². The molecule has 0 aromatic heterocycles. The molecule has 4 saturated carbocycles. The van der Waals surface area contributed by atoms with Crippen LogP contribution in [0.2, 0.25) is 0 Å². The Hall–Kier alpha value is -0.790. The van der Waals surface area contributed by atoms with Crippen LogP contribution in [0.4, 0.5) is 0 Å². The fraction of sp³-hybridized carbons (Fsp3) is 0.842. The molecular weight excluding hydrogens is 258 g/mol. The van der Waals surface area contributed by atoms with Crippen molar-refractivity contribution in [3.05, 3.63) is 11.8 Å². The lowest BCUT2D eigenvalue weighted by atomic mass is 9.45. The van der Waals surface area contributed by atoms with E-state index >= 15 is 0 Å². The van der Waals surface area contributed by atoms with E-state index in [1.165, 1.54) is 12.8 Å². The molecule has 4 rings (SSSR count). The topological polar surface area (TPSA) is 43.1 Å². The molecule has 1 unspecified atom stereocenters. The van der Waals surface area contributed by atoms with Gasteiger partial charge in [0.25, 0.3) is 0 Å². The lowest BCUT2D eigenvalue weighted by Crippen LogP contribution is -2.56. The van der Waals surface area contributed by atoms with E-state index < -0.39 is 0 Å². The van der Waals surface area contributed by atoms with E-state index in [0.717, 1.165) is 43.2 Å². The van der Waals surface area contributed by atoms with Crippen molar-refractivity contribution in [2.45, 2.75) is 66.2 Å². The third-order valence-electron chi connectivity index (χ3n) is 6.84. The summed E-state index contributed by atoms with van der Waals surface area (Å²) in [7, 11) is 0. The first-order valence-corrected chi connectivity index (χ1v) is 8.91. The normalized spacial score (nSPS) is 42.2. The first-order valence-electron chi connectivity index (χ1n) is 8.91. The Bertz CT molecular complexity index is 472. The maximum absolute atomic E-state index is 13.4. The van der Waals surface area contributed by atoms with Gasteiger partial charge in [-0.1, -0.05) is 33.8 Å². The zero-order valence-corrected chi connectivity index (χ0v) is 14.1. The van der Waals surface area contributed by atoms with Crippen molar-refractivity contribution in [2.24, 2.45) is 40.2 Å². The molecule has 2 N–H and O–H groups in total. The molecule has 3 atom stereocenters. The van der Waals surface area contributed by atoms with E-state index in [2.05, 4.69) is 33.8 Å². The van der Waals surface area contributed by atoms with Crippen LogP contribution in [0, 0.1) is 34.5 Å². The number of rotatable bonds is 6. The van der Waals surface area contributed by atoms with Gasteiger partial charge in [-0.05, 0) is 56.3 Å². The van der Waals surface area contributed by atoms with E-state index in [-0.39, 0.29) is 16.7 Å². The van der Waals surface area contributed by atoms with Crippen molar-refractivity contribution in [2.75, 3.05) is 0 Å². The summed E-state index contributed by atoms with van der Waals surface area (Å²) in [6, 6.07) is 0. The fourth-order valence-corrected chi connectivity index (χ4v) is 5.60. The highest BCUT2D eigenvalue weighted by Gasteiger charge is 2.75. The highest BCUT2D eigenvalue weighted by atomic mass is 16.1. The van der Waals surface area contributed by atoms with Crippen LogP contribution in [0.1, 0.15) is 66.2 Å². The van der Waals surface area contributed by atoms with Crippen LogP contribution in [0.3, 0.4) is 0 Å². The SMILES string of the molecule is CC/C(N)=C/C12C[C@@H]1CC1CC2(C(=O)[C@H](CC)C(C)C)C1. The Morgan fingerprint density at radius 3 is 2.48 bits per heavy atom. The van der Waals surface area contributed by atoms with Gasteiger partial charge in [0.05, 0.1) is 0 Å². The summed E-state index contributed by atoms with van der Waals surface area (Å²) in [5.41, 5.74) is 7.26. The zero-order chi connectivity index (χ0) is 15.4. The Labute approximate surface area is 129 Å². The number of carbonyl (C=O) groups is 1. The van der Waals surface area contributed by atoms with Crippen LogP contribution in [0.5, 0.6) is 0 Å². The minimum atomic E-state index is -0.0503. The molecule has 4 aliphatic carbocycles. The summed E-state index contributed by atoms with van der Waals surface area (Å²) >= 11 is 0. The molecule has 2 nitrogen and oxygen atoms in total. The average Bonchev–Trinajstić information content (AvgIpc) is 3.11. The summed E-state index contributed by atoms with van der Waals surface area (Å²) in [5.74, 6) is 2.82. The van der Waals surface area contributed by atoms with Gasteiger partial charge in [0.1, 0.15) is 5.78 Å². The molecule has 21 heavy (non-hydrogen) atoms. The molecule has 0 aromatic carbocycles. The predicted molar refractivity (Wildman–Crippen MR) is 86.5 cm³/mol. The number of nitrogens with two attached hydrogens (primary N) is 1. The second-order valence-corrected chi connectivity index (χ2v) is 8.23. The molecule has 4 aliphatic rings. The van der Waals surface area contributed by atoms with E-state index in [4.69, 9.17) is 5.73 Å². The zero-order valence-electron chi connectivity index (χ0n) is 14.1. The predicted octanol–water partition coefficient (Wildman–Crippen LogP) is 4.30. The van der Waals surface area contributed by atoms with Crippen LogP contribution in [0.15, 0.2) is 11.8 Å². The van der Waals surface area contributed by atoms with Crippen molar-refractivity contribution in [3.8, 4) is 0 Å². The molecule has 0 amide bonds. The average molecular weight is 289 g/mol. The molecule has 2 bridgehead atoms. The lowest BCUT2D eigenvalue weighted by Gasteiger charge is -2.57. The number of allylic oxidation sites excluding steroid dienone is 2. The molecule has 0 saturated heterocycles. The van der Waals surface area contributed by atoms with Gasteiger partial charge in [-0.25, -0.2) is 0 Å². The number of hydrogen-bond donors (Lipinski definition) is 1. The second-order valence-electron chi connectivity index (χ2n) is 8.23. The Kier molecular flexibility index (Phi) is 3.50. The molecule has 0 spiro atoms. The highest BCUT2D eigenvalue weighted by molar-refractivity contribution is 5.90. The van der Waals surface area contributed by atoms with Gasteiger partial charge in [0.2, 0.25) is 0 Å². The van der Waals surface area contributed by atoms with Crippen molar-refractivity contribution >= 4 is 5.78 Å². The van der Waals surface area contributed by atoms with Crippen LogP contribution < -0.4 is 5.73 Å². The Balaban J connectivity index is 1.94. The summed E-state index contributed by atoms with van der Waals surface area (Å²) in [5, 5.41) is 0. The second kappa shape index (κ2) is 4.86. The van der Waals surface area contributed by atoms with Crippen molar-refractivity contribution < 1.29 is 4.79 Å². The van der Waals surface area contributed by atoms with E-state index in [9.17, 15) is 4.79 Å². The molecule has 0 heterocycles. The monoisotopic (exact) mass is 289 g/mol. The third kappa shape index (κ3) is 1.94. The van der Waals surface area contributed by atoms with Crippen molar-refractivity contribution in [1.29, 1.82) is 0 Å². The molecule has 0 aliphatic heterocycles. The first-order chi connectivity index (χ1) is 9.90. The molecule has 2 heteroatoms. The van der Waals surface area contributed by atoms with Gasteiger partial charge < -0.3 is 5.73 Å². The quantitative estimate of drug-likeness (QED) is 0.792.